The van der Waals surface area contributed by atoms with Crippen molar-refractivity contribution in [1.82, 2.24) is 0 Å². The van der Waals surface area contributed by atoms with Gasteiger partial charge in [-0.05, 0) is 36.2 Å². The normalized spacial score (nSPS) is 10.8. The molecule has 0 aliphatic heterocycles. The van der Waals surface area contributed by atoms with E-state index >= 15 is 0 Å². The SMILES string of the molecule is COc1cc(C=Nc2cc([N+](=O)[O-])ccc2C)ccc1O. The fourth-order valence-electron chi connectivity index (χ4n) is 1.77. The molecule has 0 heterocycles. The van der Waals surface area contributed by atoms with Gasteiger partial charge in [0.2, 0.25) is 0 Å². The van der Waals surface area contributed by atoms with Gasteiger partial charge in [0.1, 0.15) is 0 Å². The van der Waals surface area contributed by atoms with Gasteiger partial charge in [-0.2, -0.15) is 0 Å². The zero-order chi connectivity index (χ0) is 15.4. The largest absolute Gasteiger partial charge is 0.504 e. The molecule has 0 bridgehead atoms. The molecule has 0 aliphatic rings. The number of phenols is 1. The summed E-state index contributed by atoms with van der Waals surface area (Å²) in [6.07, 6.45) is 1.56. The second-order valence-electron chi connectivity index (χ2n) is 4.42. The molecule has 6 heteroatoms. The minimum atomic E-state index is -0.456. The summed E-state index contributed by atoms with van der Waals surface area (Å²) < 4.78 is 5.01. The van der Waals surface area contributed by atoms with Crippen molar-refractivity contribution >= 4 is 17.6 Å². The Hall–Kier alpha value is -2.89. The molecule has 0 fully saturated rings. The van der Waals surface area contributed by atoms with E-state index in [9.17, 15) is 15.2 Å². The molecule has 0 unspecified atom stereocenters. The second kappa shape index (κ2) is 6.04. The smallest absolute Gasteiger partial charge is 0.271 e. The van der Waals surface area contributed by atoms with Gasteiger partial charge in [-0.15, -0.1) is 0 Å². The fraction of sp³-hybridized carbons (Fsp3) is 0.133. The average molecular weight is 286 g/mol. The Kier molecular flexibility index (Phi) is 4.18. The van der Waals surface area contributed by atoms with E-state index in [1.807, 2.05) is 6.92 Å². The molecule has 2 aromatic rings. The summed E-state index contributed by atoms with van der Waals surface area (Å²) in [5.74, 6) is 0.385. The third kappa shape index (κ3) is 3.36. The summed E-state index contributed by atoms with van der Waals surface area (Å²) in [5.41, 5.74) is 2.07. The molecule has 1 N–H and O–H groups in total. The number of nitrogens with zero attached hydrogens (tertiary/aromatic N) is 2. The van der Waals surface area contributed by atoms with Gasteiger partial charge in [0.15, 0.2) is 11.5 Å². The van der Waals surface area contributed by atoms with Crippen molar-refractivity contribution in [2.75, 3.05) is 7.11 Å². The Morgan fingerprint density at radius 2 is 2.05 bits per heavy atom. The Morgan fingerprint density at radius 3 is 2.71 bits per heavy atom. The lowest BCUT2D eigenvalue weighted by Crippen LogP contribution is -1.89. The first-order valence-corrected chi connectivity index (χ1v) is 6.17. The molecular formula is C15H14N2O4. The Morgan fingerprint density at radius 1 is 1.29 bits per heavy atom. The number of nitro benzene ring substituents is 1. The molecule has 2 aromatic carbocycles. The van der Waals surface area contributed by atoms with Crippen LogP contribution in [-0.4, -0.2) is 23.4 Å². The monoisotopic (exact) mass is 286 g/mol. The van der Waals surface area contributed by atoms with E-state index in [0.717, 1.165) is 11.1 Å². The zero-order valence-electron chi connectivity index (χ0n) is 11.6. The van der Waals surface area contributed by atoms with E-state index in [1.54, 1.807) is 24.4 Å². The van der Waals surface area contributed by atoms with Gasteiger partial charge in [-0.25, -0.2) is 0 Å². The van der Waals surface area contributed by atoms with Crippen LogP contribution in [0.4, 0.5) is 11.4 Å². The summed E-state index contributed by atoms with van der Waals surface area (Å²) >= 11 is 0. The minimum absolute atomic E-state index is 0.00367. The standard InChI is InChI=1S/C15H14N2O4/c1-10-3-5-12(17(19)20)8-13(10)16-9-11-4-6-14(18)15(7-11)21-2/h3-9,18H,1-2H3. The summed E-state index contributed by atoms with van der Waals surface area (Å²) in [5, 5.41) is 20.3. The van der Waals surface area contributed by atoms with Crippen molar-refractivity contribution < 1.29 is 14.8 Å². The number of benzene rings is 2. The molecule has 21 heavy (non-hydrogen) atoms. The molecule has 6 nitrogen and oxygen atoms in total. The summed E-state index contributed by atoms with van der Waals surface area (Å²) in [6.45, 7) is 1.83. The van der Waals surface area contributed by atoms with Gasteiger partial charge in [-0.3, -0.25) is 15.1 Å². The highest BCUT2D eigenvalue weighted by atomic mass is 16.6. The Labute approximate surface area is 121 Å². The first-order chi connectivity index (χ1) is 10.0. The lowest BCUT2D eigenvalue weighted by molar-refractivity contribution is -0.384. The van der Waals surface area contributed by atoms with Crippen LogP contribution in [0.3, 0.4) is 0 Å². The maximum Gasteiger partial charge on any atom is 0.271 e. The number of hydrogen-bond acceptors (Lipinski definition) is 5. The first kappa shape index (κ1) is 14.5. The van der Waals surface area contributed by atoms with Crippen LogP contribution in [-0.2, 0) is 0 Å². The van der Waals surface area contributed by atoms with Gasteiger partial charge in [0, 0.05) is 18.3 Å². The number of methoxy groups -OCH3 is 1. The third-order valence-corrected chi connectivity index (χ3v) is 2.96. The first-order valence-electron chi connectivity index (χ1n) is 6.17. The van der Waals surface area contributed by atoms with Crippen LogP contribution < -0.4 is 4.74 Å². The number of phenolic OH excluding ortho intramolecular Hbond substituents is 1. The van der Waals surface area contributed by atoms with Crippen molar-refractivity contribution in [3.8, 4) is 11.5 Å². The van der Waals surface area contributed by atoms with Crippen LogP contribution in [0.1, 0.15) is 11.1 Å². The molecule has 108 valence electrons. The summed E-state index contributed by atoms with van der Waals surface area (Å²) in [4.78, 5) is 14.6. The molecule has 0 radical (unpaired) electrons. The predicted molar refractivity (Wildman–Crippen MR) is 79.7 cm³/mol. The van der Waals surface area contributed by atoms with Crippen LogP contribution in [0.15, 0.2) is 41.4 Å². The number of ether oxygens (including phenoxy) is 1. The molecule has 0 aromatic heterocycles. The highest BCUT2D eigenvalue weighted by Gasteiger charge is 2.07. The van der Waals surface area contributed by atoms with Crippen molar-refractivity contribution in [2.45, 2.75) is 6.92 Å². The quantitative estimate of drug-likeness (QED) is 0.530. The lowest BCUT2D eigenvalue weighted by atomic mass is 10.2. The predicted octanol–water partition coefficient (Wildman–Crippen LogP) is 3.37. The second-order valence-corrected chi connectivity index (χ2v) is 4.42. The van der Waals surface area contributed by atoms with Crippen molar-refractivity contribution in [3.05, 3.63) is 57.6 Å². The van der Waals surface area contributed by atoms with Gasteiger partial charge in [0.05, 0.1) is 17.7 Å². The number of non-ortho nitro benzene ring substituents is 1. The number of nitro groups is 1. The van der Waals surface area contributed by atoms with E-state index in [1.165, 1.54) is 25.3 Å². The van der Waals surface area contributed by atoms with E-state index in [-0.39, 0.29) is 11.4 Å². The van der Waals surface area contributed by atoms with Crippen LogP contribution in [0, 0.1) is 17.0 Å². The molecular weight excluding hydrogens is 272 g/mol. The minimum Gasteiger partial charge on any atom is -0.504 e. The van der Waals surface area contributed by atoms with Crippen LogP contribution >= 0.6 is 0 Å². The van der Waals surface area contributed by atoms with Gasteiger partial charge in [0.25, 0.3) is 5.69 Å². The average Bonchev–Trinajstić information content (AvgIpc) is 2.47. The van der Waals surface area contributed by atoms with Crippen molar-refractivity contribution in [1.29, 1.82) is 0 Å². The van der Waals surface area contributed by atoms with E-state index < -0.39 is 4.92 Å². The molecule has 0 saturated carbocycles. The third-order valence-electron chi connectivity index (χ3n) is 2.96. The number of aliphatic imine (C=N–C) groups is 1. The molecule has 0 spiro atoms. The topological polar surface area (TPSA) is 85.0 Å². The van der Waals surface area contributed by atoms with Gasteiger partial charge in [-0.1, -0.05) is 6.07 Å². The van der Waals surface area contributed by atoms with Gasteiger partial charge >= 0.3 is 0 Å². The number of rotatable bonds is 4. The summed E-state index contributed by atoms with van der Waals surface area (Å²) in [7, 11) is 1.46. The van der Waals surface area contributed by atoms with Crippen LogP contribution in [0.5, 0.6) is 11.5 Å². The molecule has 0 aliphatic carbocycles. The Balaban J connectivity index is 2.33. The number of hydrogen-bond donors (Lipinski definition) is 1. The van der Waals surface area contributed by atoms with E-state index in [4.69, 9.17) is 4.74 Å². The summed E-state index contributed by atoms with van der Waals surface area (Å²) in [6, 6.07) is 9.32. The fourth-order valence-corrected chi connectivity index (χ4v) is 1.77. The highest BCUT2D eigenvalue weighted by Crippen LogP contribution is 2.27. The van der Waals surface area contributed by atoms with Gasteiger partial charge < -0.3 is 9.84 Å². The molecule has 2 rings (SSSR count). The maximum absolute atomic E-state index is 10.8. The lowest BCUT2D eigenvalue weighted by Gasteiger charge is -2.04. The number of aromatic hydroxyl groups is 1. The molecule has 0 amide bonds. The Bertz CT molecular complexity index is 711. The highest BCUT2D eigenvalue weighted by molar-refractivity contribution is 5.83. The van der Waals surface area contributed by atoms with Crippen molar-refractivity contribution in [2.24, 2.45) is 4.99 Å². The molecule has 0 saturated heterocycles. The van der Waals surface area contributed by atoms with E-state index in [2.05, 4.69) is 4.99 Å². The molecule has 0 atom stereocenters. The van der Waals surface area contributed by atoms with Crippen molar-refractivity contribution in [3.63, 3.8) is 0 Å². The number of aryl methyl sites for hydroxylation is 1. The maximum atomic E-state index is 10.8. The van der Waals surface area contributed by atoms with Crippen LogP contribution in [0.2, 0.25) is 0 Å². The van der Waals surface area contributed by atoms with E-state index in [0.29, 0.717) is 11.4 Å². The zero-order valence-corrected chi connectivity index (χ0v) is 11.6. The van der Waals surface area contributed by atoms with Crippen LogP contribution in [0.25, 0.3) is 0 Å².